The molecule has 0 amide bonds. The Bertz CT molecular complexity index is 405. The van der Waals surface area contributed by atoms with Gasteiger partial charge in [0.15, 0.2) is 11.5 Å². The van der Waals surface area contributed by atoms with Gasteiger partial charge in [-0.1, -0.05) is 13.0 Å². The van der Waals surface area contributed by atoms with Crippen LogP contribution >= 0.6 is 0 Å². The monoisotopic (exact) mass is 233 g/mol. The Morgan fingerprint density at radius 2 is 2.12 bits per heavy atom. The summed E-state index contributed by atoms with van der Waals surface area (Å²) >= 11 is 0. The number of hydrogen-bond donors (Lipinski definition) is 1. The highest BCUT2D eigenvalue weighted by Crippen LogP contribution is 2.32. The maximum absolute atomic E-state index is 5.38. The third-order valence-corrected chi connectivity index (χ3v) is 3.73. The van der Waals surface area contributed by atoms with Crippen LogP contribution in [-0.2, 0) is 6.54 Å². The highest BCUT2D eigenvalue weighted by Gasteiger charge is 2.20. The van der Waals surface area contributed by atoms with Crippen molar-refractivity contribution in [1.29, 1.82) is 0 Å². The van der Waals surface area contributed by atoms with Crippen LogP contribution in [0.4, 0.5) is 0 Å². The lowest BCUT2D eigenvalue weighted by atomic mass is 10.1. The summed E-state index contributed by atoms with van der Waals surface area (Å²) in [6.45, 7) is 3.61. The molecule has 3 rings (SSSR count). The largest absolute Gasteiger partial charge is 0.454 e. The molecule has 2 aliphatic rings. The van der Waals surface area contributed by atoms with E-state index in [9.17, 15) is 0 Å². The highest BCUT2D eigenvalue weighted by atomic mass is 16.7. The molecule has 2 atom stereocenters. The molecule has 0 unspecified atom stereocenters. The van der Waals surface area contributed by atoms with Gasteiger partial charge in [-0.05, 0) is 42.9 Å². The van der Waals surface area contributed by atoms with Crippen molar-refractivity contribution in [3.05, 3.63) is 23.8 Å². The SMILES string of the molecule is C[C@H]1CC[C@@H](NCc2ccc3c(c2)OCO3)C1. The number of fused-ring (bicyclic) bond motifs is 1. The van der Waals surface area contributed by atoms with Crippen molar-refractivity contribution in [3.63, 3.8) is 0 Å². The van der Waals surface area contributed by atoms with E-state index in [1.165, 1.54) is 24.8 Å². The molecular weight excluding hydrogens is 214 g/mol. The fourth-order valence-electron chi connectivity index (χ4n) is 2.71. The van der Waals surface area contributed by atoms with Gasteiger partial charge in [-0.15, -0.1) is 0 Å². The summed E-state index contributed by atoms with van der Waals surface area (Å²) in [6, 6.07) is 6.87. The number of ether oxygens (including phenoxy) is 2. The topological polar surface area (TPSA) is 30.5 Å². The Labute approximate surface area is 102 Å². The van der Waals surface area contributed by atoms with Gasteiger partial charge in [0, 0.05) is 12.6 Å². The molecule has 0 bridgehead atoms. The third-order valence-electron chi connectivity index (χ3n) is 3.73. The zero-order chi connectivity index (χ0) is 11.7. The number of hydrogen-bond acceptors (Lipinski definition) is 3. The van der Waals surface area contributed by atoms with E-state index in [1.807, 2.05) is 6.07 Å². The van der Waals surface area contributed by atoms with Crippen molar-refractivity contribution in [3.8, 4) is 11.5 Å². The van der Waals surface area contributed by atoms with E-state index in [4.69, 9.17) is 9.47 Å². The van der Waals surface area contributed by atoms with Crippen molar-refractivity contribution in [2.45, 2.75) is 38.8 Å². The lowest BCUT2D eigenvalue weighted by molar-refractivity contribution is 0.174. The van der Waals surface area contributed by atoms with Crippen molar-refractivity contribution in [1.82, 2.24) is 5.32 Å². The summed E-state index contributed by atoms with van der Waals surface area (Å²) in [4.78, 5) is 0. The van der Waals surface area contributed by atoms with Gasteiger partial charge in [0.05, 0.1) is 0 Å². The van der Waals surface area contributed by atoms with Crippen LogP contribution in [-0.4, -0.2) is 12.8 Å². The number of benzene rings is 1. The van der Waals surface area contributed by atoms with Crippen LogP contribution in [0.3, 0.4) is 0 Å². The Kier molecular flexibility index (Phi) is 2.93. The molecule has 1 aromatic carbocycles. The van der Waals surface area contributed by atoms with Gasteiger partial charge in [0.2, 0.25) is 6.79 Å². The van der Waals surface area contributed by atoms with Crippen LogP contribution in [0.15, 0.2) is 18.2 Å². The molecule has 0 aromatic heterocycles. The second-order valence-electron chi connectivity index (χ2n) is 5.18. The fraction of sp³-hybridized carbons (Fsp3) is 0.571. The van der Waals surface area contributed by atoms with Crippen molar-refractivity contribution >= 4 is 0 Å². The molecule has 1 saturated carbocycles. The molecule has 92 valence electrons. The summed E-state index contributed by atoms with van der Waals surface area (Å²) in [7, 11) is 0. The molecule has 0 radical (unpaired) electrons. The molecule has 1 aliphatic heterocycles. The molecule has 0 saturated heterocycles. The minimum absolute atomic E-state index is 0.354. The van der Waals surface area contributed by atoms with Crippen LogP contribution in [0, 0.1) is 5.92 Å². The van der Waals surface area contributed by atoms with Gasteiger partial charge in [0.25, 0.3) is 0 Å². The molecule has 1 aromatic rings. The van der Waals surface area contributed by atoms with Crippen molar-refractivity contribution < 1.29 is 9.47 Å². The summed E-state index contributed by atoms with van der Waals surface area (Å²) < 4.78 is 10.7. The van der Waals surface area contributed by atoms with Crippen LogP contribution in [0.5, 0.6) is 11.5 Å². The summed E-state index contributed by atoms with van der Waals surface area (Å²) in [5.41, 5.74) is 1.27. The van der Waals surface area contributed by atoms with E-state index in [0.717, 1.165) is 24.0 Å². The summed E-state index contributed by atoms with van der Waals surface area (Å²) in [5.74, 6) is 2.62. The normalized spacial score (nSPS) is 26.4. The molecule has 1 N–H and O–H groups in total. The van der Waals surface area contributed by atoms with E-state index in [1.54, 1.807) is 0 Å². The maximum atomic E-state index is 5.38. The van der Waals surface area contributed by atoms with Crippen LogP contribution in [0.2, 0.25) is 0 Å². The van der Waals surface area contributed by atoms with E-state index in [-0.39, 0.29) is 0 Å². The number of nitrogens with one attached hydrogen (secondary N) is 1. The summed E-state index contributed by atoms with van der Waals surface area (Å²) in [5, 5.41) is 3.62. The first kappa shape index (κ1) is 10.9. The smallest absolute Gasteiger partial charge is 0.231 e. The van der Waals surface area contributed by atoms with E-state index in [2.05, 4.69) is 24.4 Å². The lowest BCUT2D eigenvalue weighted by Crippen LogP contribution is -2.25. The second-order valence-corrected chi connectivity index (χ2v) is 5.18. The van der Waals surface area contributed by atoms with Gasteiger partial charge in [-0.2, -0.15) is 0 Å². The van der Waals surface area contributed by atoms with Gasteiger partial charge >= 0.3 is 0 Å². The zero-order valence-electron chi connectivity index (χ0n) is 10.2. The predicted octanol–water partition coefficient (Wildman–Crippen LogP) is 2.69. The Morgan fingerprint density at radius 3 is 2.94 bits per heavy atom. The van der Waals surface area contributed by atoms with Crippen LogP contribution in [0.25, 0.3) is 0 Å². The van der Waals surface area contributed by atoms with E-state index in [0.29, 0.717) is 12.8 Å². The average molecular weight is 233 g/mol. The van der Waals surface area contributed by atoms with Gasteiger partial charge in [-0.3, -0.25) is 0 Å². The Morgan fingerprint density at radius 1 is 1.24 bits per heavy atom. The number of rotatable bonds is 3. The Hall–Kier alpha value is -1.22. The van der Waals surface area contributed by atoms with Gasteiger partial charge in [-0.25, -0.2) is 0 Å². The molecule has 3 heteroatoms. The highest BCUT2D eigenvalue weighted by molar-refractivity contribution is 5.44. The van der Waals surface area contributed by atoms with Crippen LogP contribution < -0.4 is 14.8 Å². The van der Waals surface area contributed by atoms with E-state index < -0.39 is 0 Å². The molecule has 0 spiro atoms. The first-order valence-corrected chi connectivity index (χ1v) is 6.43. The van der Waals surface area contributed by atoms with Gasteiger partial charge in [0.1, 0.15) is 0 Å². The van der Waals surface area contributed by atoms with Crippen molar-refractivity contribution in [2.75, 3.05) is 6.79 Å². The third kappa shape index (κ3) is 2.39. The molecular formula is C14H19NO2. The van der Waals surface area contributed by atoms with Gasteiger partial charge < -0.3 is 14.8 Å². The first-order chi connectivity index (χ1) is 8.31. The fourth-order valence-corrected chi connectivity index (χ4v) is 2.71. The quantitative estimate of drug-likeness (QED) is 0.870. The second kappa shape index (κ2) is 4.57. The first-order valence-electron chi connectivity index (χ1n) is 6.43. The molecule has 17 heavy (non-hydrogen) atoms. The molecule has 1 heterocycles. The summed E-state index contributed by atoms with van der Waals surface area (Å²) in [6.07, 6.45) is 3.98. The average Bonchev–Trinajstić information content (AvgIpc) is 2.94. The zero-order valence-corrected chi connectivity index (χ0v) is 10.2. The standard InChI is InChI=1S/C14H19NO2/c1-10-2-4-12(6-10)15-8-11-3-5-13-14(7-11)17-9-16-13/h3,5,7,10,12,15H,2,4,6,8-9H2,1H3/t10-,12+/m0/s1. The maximum Gasteiger partial charge on any atom is 0.231 e. The molecule has 3 nitrogen and oxygen atoms in total. The minimum atomic E-state index is 0.354. The minimum Gasteiger partial charge on any atom is -0.454 e. The van der Waals surface area contributed by atoms with Crippen LogP contribution in [0.1, 0.15) is 31.7 Å². The molecule has 1 aliphatic carbocycles. The molecule has 1 fully saturated rings. The predicted molar refractivity (Wildman–Crippen MR) is 66.2 cm³/mol. The van der Waals surface area contributed by atoms with Crippen molar-refractivity contribution in [2.24, 2.45) is 5.92 Å². The lowest BCUT2D eigenvalue weighted by Gasteiger charge is -2.12. The van der Waals surface area contributed by atoms with E-state index >= 15 is 0 Å². The Balaban J connectivity index is 1.58.